The number of Topliss-reactive ketones (excluding diaryl/α,β-unsaturated/α-hetero) is 1. The van der Waals surface area contributed by atoms with E-state index in [9.17, 15) is 43.5 Å². The number of halogens is 1. The first-order valence-corrected chi connectivity index (χ1v) is 26.4. The summed E-state index contributed by atoms with van der Waals surface area (Å²) in [4.78, 5) is 111. The number of amides is 6. The number of ether oxygens (including phenoxy) is 3. The molecule has 1 saturated heterocycles. The van der Waals surface area contributed by atoms with Crippen molar-refractivity contribution >= 4 is 58.0 Å². The molecule has 0 bridgehead atoms. The summed E-state index contributed by atoms with van der Waals surface area (Å²) in [7, 11) is 1.45. The van der Waals surface area contributed by atoms with Crippen LogP contribution in [-0.4, -0.2) is 98.8 Å². The van der Waals surface area contributed by atoms with Crippen LogP contribution in [0.1, 0.15) is 131 Å². The van der Waals surface area contributed by atoms with Crippen molar-refractivity contribution in [3.63, 3.8) is 0 Å². The Balaban J connectivity index is 0.789. The zero-order valence-corrected chi connectivity index (χ0v) is 44.8. The van der Waals surface area contributed by atoms with Gasteiger partial charge in [-0.15, -0.1) is 0 Å². The molecule has 0 spiro atoms. The van der Waals surface area contributed by atoms with E-state index in [1.54, 1.807) is 62.6 Å². The molecule has 5 heterocycles. The normalized spacial score (nSPS) is 19.0. The zero-order chi connectivity index (χ0) is 55.6. The average molecular weight is 1060 g/mol. The molecule has 19 nitrogen and oxygen atoms in total. The van der Waals surface area contributed by atoms with Crippen molar-refractivity contribution in [2.24, 2.45) is 17.8 Å². The van der Waals surface area contributed by atoms with Crippen molar-refractivity contribution in [2.45, 2.75) is 137 Å². The van der Waals surface area contributed by atoms with Gasteiger partial charge in [0.1, 0.15) is 55.6 Å². The molecule has 2 aromatic carbocycles. The van der Waals surface area contributed by atoms with Gasteiger partial charge >= 0.3 is 6.09 Å². The summed E-state index contributed by atoms with van der Waals surface area (Å²) >= 11 is 0. The molecule has 5 atom stereocenters. The number of hydrogen-bond donors (Lipinski definition) is 4. The van der Waals surface area contributed by atoms with E-state index in [1.807, 2.05) is 13.8 Å². The molecule has 6 amide bonds. The lowest BCUT2D eigenvalue weighted by Gasteiger charge is -2.35. The van der Waals surface area contributed by atoms with E-state index >= 15 is 4.39 Å². The summed E-state index contributed by atoms with van der Waals surface area (Å²) in [6.07, 6.45) is 2.75. The summed E-state index contributed by atoms with van der Waals surface area (Å²) in [6.45, 7) is 14.0. The molecule has 8 rings (SSSR count). The number of benzene rings is 2. The number of nitrogens with one attached hydrogen (secondary N) is 3. The van der Waals surface area contributed by atoms with Gasteiger partial charge in [0, 0.05) is 73.0 Å². The number of carbonyl (C=O) groups excluding carboxylic acids is 7. The molecule has 4 aromatic rings. The van der Waals surface area contributed by atoms with Crippen LogP contribution in [0.3, 0.4) is 0 Å². The monoisotopic (exact) mass is 1060 g/mol. The van der Waals surface area contributed by atoms with Gasteiger partial charge in [-0.1, -0.05) is 52.8 Å². The molecule has 1 aliphatic carbocycles. The number of rotatable bonds is 21. The largest absolute Gasteiger partial charge is 0.490 e. The second kappa shape index (κ2) is 23.1. The fraction of sp³-hybridized carbons (Fsp3) is 0.491. The van der Waals surface area contributed by atoms with Crippen LogP contribution in [0.2, 0.25) is 0 Å². The van der Waals surface area contributed by atoms with Crippen LogP contribution in [0, 0.1) is 30.5 Å². The topological polar surface area (TPSA) is 245 Å². The SMILES string of the molecule is C=C1OCc2c(cc3n(c2=O)Cc2c-3nc3cc(F)c(C)c4c3c2[C@@H](NC(=O)COCN(C)C(=O)OCc2ccc(NC(=O)[C@H](C)NC(=O)[C@@H](CC(=O)CCCCCN3C(=O)CC(C)C3=O)C(C)C)cc2)CC4)[C@@]1(O)CC. The highest BCUT2D eigenvalue weighted by molar-refractivity contribution is 6.03. The van der Waals surface area contributed by atoms with Crippen molar-refractivity contribution in [2.75, 3.05) is 32.2 Å². The minimum absolute atomic E-state index is 0.0253. The van der Waals surface area contributed by atoms with Crippen molar-refractivity contribution in [1.29, 1.82) is 0 Å². The second-order valence-electron chi connectivity index (χ2n) is 21.1. The Labute approximate surface area is 445 Å². The summed E-state index contributed by atoms with van der Waals surface area (Å²) in [5, 5.41) is 20.9. The third-order valence-electron chi connectivity index (χ3n) is 15.4. The second-order valence-corrected chi connectivity index (χ2v) is 21.1. The minimum Gasteiger partial charge on any atom is -0.490 e. The van der Waals surface area contributed by atoms with Gasteiger partial charge in [0.15, 0.2) is 0 Å². The molecule has 3 aliphatic heterocycles. The molecule has 20 heteroatoms. The van der Waals surface area contributed by atoms with E-state index in [0.29, 0.717) is 89.1 Å². The van der Waals surface area contributed by atoms with E-state index in [1.165, 1.54) is 18.0 Å². The number of aryl methyl sites for hydroxylation is 1. The van der Waals surface area contributed by atoms with Crippen LogP contribution in [0.15, 0.2) is 53.5 Å². The Hall–Kier alpha value is -7.32. The van der Waals surface area contributed by atoms with Gasteiger partial charge in [-0.2, -0.15) is 0 Å². The first kappa shape index (κ1) is 55.9. The molecule has 0 radical (unpaired) electrons. The number of hydrogen-bond acceptors (Lipinski definition) is 13. The fourth-order valence-corrected chi connectivity index (χ4v) is 10.8. The first-order valence-electron chi connectivity index (χ1n) is 26.4. The van der Waals surface area contributed by atoms with Gasteiger partial charge in [0.25, 0.3) is 5.56 Å². The van der Waals surface area contributed by atoms with E-state index in [-0.39, 0.29) is 92.9 Å². The number of carbonyl (C=O) groups is 7. The highest BCUT2D eigenvalue weighted by Crippen LogP contribution is 2.47. The number of fused-ring (bicyclic) bond motifs is 5. The fourth-order valence-electron chi connectivity index (χ4n) is 10.8. The summed E-state index contributed by atoms with van der Waals surface area (Å²) < 4.78 is 33.7. The smallest absolute Gasteiger partial charge is 0.411 e. The number of likely N-dealkylation sites (tertiary alicyclic amines) is 1. The van der Waals surface area contributed by atoms with Crippen molar-refractivity contribution in [3.8, 4) is 11.4 Å². The lowest BCUT2D eigenvalue weighted by atomic mass is 9.81. The summed E-state index contributed by atoms with van der Waals surface area (Å²) in [5.41, 5.74) is 3.84. The van der Waals surface area contributed by atoms with Crippen LogP contribution in [-0.2, 0) is 74.8 Å². The third kappa shape index (κ3) is 11.5. The third-order valence-corrected chi connectivity index (χ3v) is 15.4. The molecule has 1 fully saturated rings. The van der Waals surface area contributed by atoms with Gasteiger partial charge in [0.2, 0.25) is 29.5 Å². The van der Waals surface area contributed by atoms with E-state index in [4.69, 9.17) is 19.2 Å². The van der Waals surface area contributed by atoms with E-state index < -0.39 is 59.8 Å². The number of aromatic nitrogens is 2. The molecule has 2 aromatic heterocycles. The number of anilines is 1. The predicted octanol–water partition coefficient (Wildman–Crippen LogP) is 6.49. The van der Waals surface area contributed by atoms with Gasteiger partial charge in [-0.3, -0.25) is 43.4 Å². The lowest BCUT2D eigenvalue weighted by molar-refractivity contribution is -0.139. The summed E-state index contributed by atoms with van der Waals surface area (Å²) in [5.74, 6) is -3.10. The minimum atomic E-state index is -1.59. The number of pyridine rings is 2. The maximum Gasteiger partial charge on any atom is 0.411 e. The Morgan fingerprint density at radius 1 is 1.03 bits per heavy atom. The van der Waals surface area contributed by atoms with Gasteiger partial charge in [-0.05, 0) is 92.3 Å². The number of unbranched alkanes of at least 4 members (excludes halogenated alkanes) is 2. The van der Waals surface area contributed by atoms with E-state index in [2.05, 4.69) is 22.5 Å². The maximum atomic E-state index is 15.4. The molecular formula is C57H68FN7O12. The molecule has 4 aliphatic rings. The van der Waals surface area contributed by atoms with Crippen LogP contribution >= 0.6 is 0 Å². The van der Waals surface area contributed by atoms with Crippen LogP contribution in [0.4, 0.5) is 14.9 Å². The van der Waals surface area contributed by atoms with Crippen molar-refractivity contribution in [1.82, 2.24) is 30.0 Å². The molecule has 1 unspecified atom stereocenters. The molecule has 410 valence electrons. The Morgan fingerprint density at radius 2 is 1.77 bits per heavy atom. The Bertz CT molecular complexity index is 3120. The molecule has 4 N–H and O–H groups in total. The zero-order valence-electron chi connectivity index (χ0n) is 44.8. The standard InChI is InChI=1S/C57H68FN7O12/c1-9-57(74)34(7)76-27-41-42(57)23-46-51-40(25-65(46)55(41)72)50-44(19-18-38-32(5)43(58)24-45(62-51)49(38)50)61-47(67)28-75-29-63(8)56(73)77-26-35-14-16-36(17-15-35)60-52(69)33(6)59-53(70)39(30(2)3)22-37(66)13-11-10-12-20-64-48(68)21-31(4)54(64)71/h14-17,23-24,30-31,33,39,44,74H,7,9-13,18-22,25-29H2,1-6,8H3,(H,59,70)(H,60,69)(H,61,67)/t31?,33-,39-,44-,57+/m0/s1. The summed E-state index contributed by atoms with van der Waals surface area (Å²) in [6, 6.07) is 8.22. The average Bonchev–Trinajstić information content (AvgIpc) is 4.13. The number of imide groups is 1. The van der Waals surface area contributed by atoms with Crippen LogP contribution in [0.25, 0.3) is 22.3 Å². The highest BCUT2D eigenvalue weighted by atomic mass is 19.1. The van der Waals surface area contributed by atoms with Crippen molar-refractivity contribution in [3.05, 3.63) is 104 Å². The number of aliphatic hydroxyl groups is 1. The van der Waals surface area contributed by atoms with Crippen molar-refractivity contribution < 1.29 is 57.3 Å². The quantitative estimate of drug-likeness (QED) is 0.0349. The predicted molar refractivity (Wildman–Crippen MR) is 281 cm³/mol. The Kier molecular flexibility index (Phi) is 16.8. The van der Waals surface area contributed by atoms with E-state index in [0.717, 1.165) is 21.4 Å². The number of ketones is 1. The highest BCUT2D eigenvalue weighted by Gasteiger charge is 2.43. The van der Waals surface area contributed by atoms with Gasteiger partial charge < -0.3 is 39.8 Å². The van der Waals surface area contributed by atoms with Crippen LogP contribution in [0.5, 0.6) is 0 Å². The number of nitrogens with zero attached hydrogens (tertiary/aromatic N) is 4. The first-order chi connectivity index (χ1) is 36.6. The van der Waals surface area contributed by atoms with Gasteiger partial charge in [0.05, 0.1) is 35.1 Å². The van der Waals surface area contributed by atoms with Crippen LogP contribution < -0.4 is 21.5 Å². The lowest BCUT2D eigenvalue weighted by Crippen LogP contribution is -2.45. The maximum absolute atomic E-state index is 15.4. The van der Waals surface area contributed by atoms with Gasteiger partial charge in [-0.25, -0.2) is 14.2 Å². The molecule has 0 saturated carbocycles. The molecular weight excluding hydrogens is 994 g/mol. The molecule has 77 heavy (non-hydrogen) atoms. The Morgan fingerprint density at radius 3 is 2.45 bits per heavy atom.